The van der Waals surface area contributed by atoms with Gasteiger partial charge < -0.3 is 14.7 Å². The van der Waals surface area contributed by atoms with Crippen molar-refractivity contribution in [2.45, 2.75) is 25.4 Å². The van der Waals surface area contributed by atoms with E-state index in [4.69, 9.17) is 21.4 Å². The normalized spacial score (nSPS) is 23.4. The van der Waals surface area contributed by atoms with E-state index in [0.29, 0.717) is 0 Å². The summed E-state index contributed by atoms with van der Waals surface area (Å²) in [5.41, 5.74) is 0.922. The monoisotopic (exact) mass is 283 g/mol. The molecule has 0 bridgehead atoms. The Morgan fingerprint density at radius 3 is 2.84 bits per heavy atom. The fraction of sp³-hybridized carbons (Fsp3) is 0.500. The first-order valence-corrected chi connectivity index (χ1v) is 6.66. The largest absolute Gasteiger partial charge is 0.478 e. The number of halogens is 1. The van der Waals surface area contributed by atoms with Crippen LogP contribution in [-0.4, -0.2) is 36.9 Å². The van der Waals surface area contributed by atoms with Gasteiger partial charge in [0.15, 0.2) is 0 Å². The van der Waals surface area contributed by atoms with E-state index in [9.17, 15) is 4.79 Å². The Bertz CT molecular complexity index is 492. The third-order valence-electron chi connectivity index (χ3n) is 3.70. The average molecular weight is 284 g/mol. The number of benzene rings is 1. The number of rotatable bonds is 3. The van der Waals surface area contributed by atoms with Crippen molar-refractivity contribution in [2.75, 3.05) is 25.1 Å². The molecule has 0 saturated carbocycles. The lowest BCUT2D eigenvalue weighted by Gasteiger charge is -2.40. The summed E-state index contributed by atoms with van der Waals surface area (Å²) in [6.45, 7) is 3.81. The summed E-state index contributed by atoms with van der Waals surface area (Å²) in [6.07, 6.45) is 2.07. The van der Waals surface area contributed by atoms with Gasteiger partial charge in [-0.15, -0.1) is 0 Å². The molecule has 0 aliphatic carbocycles. The van der Waals surface area contributed by atoms with Gasteiger partial charge in [0.25, 0.3) is 0 Å². The Labute approximate surface area is 117 Å². The summed E-state index contributed by atoms with van der Waals surface area (Å²) in [4.78, 5) is 13.1. The maximum absolute atomic E-state index is 10.9. The van der Waals surface area contributed by atoms with Crippen molar-refractivity contribution in [3.8, 4) is 0 Å². The first-order valence-electron chi connectivity index (χ1n) is 6.28. The second-order valence-corrected chi connectivity index (χ2v) is 5.56. The summed E-state index contributed by atoms with van der Waals surface area (Å²) in [7, 11) is 1.73. The Morgan fingerprint density at radius 1 is 1.53 bits per heavy atom. The number of methoxy groups -OCH3 is 1. The van der Waals surface area contributed by atoms with Crippen LogP contribution >= 0.6 is 11.6 Å². The van der Waals surface area contributed by atoms with E-state index in [1.807, 2.05) is 0 Å². The van der Waals surface area contributed by atoms with Crippen molar-refractivity contribution in [3.63, 3.8) is 0 Å². The van der Waals surface area contributed by atoms with Gasteiger partial charge in [-0.1, -0.05) is 11.6 Å². The molecular formula is C14H18ClNO3. The van der Waals surface area contributed by atoms with Crippen LogP contribution in [0.25, 0.3) is 0 Å². The van der Waals surface area contributed by atoms with E-state index in [2.05, 4.69) is 11.8 Å². The molecule has 1 atom stereocenters. The molecule has 5 heteroatoms. The van der Waals surface area contributed by atoms with Crippen LogP contribution in [0.15, 0.2) is 18.2 Å². The SMILES string of the molecule is COC1(C)CCCN(c2ccc(C(=O)O)c(Cl)c2)C1. The second kappa shape index (κ2) is 5.39. The second-order valence-electron chi connectivity index (χ2n) is 5.15. The van der Waals surface area contributed by atoms with Gasteiger partial charge >= 0.3 is 5.97 Å². The molecule has 0 radical (unpaired) electrons. The minimum absolute atomic E-state index is 0.136. The highest BCUT2D eigenvalue weighted by atomic mass is 35.5. The van der Waals surface area contributed by atoms with Gasteiger partial charge in [-0.3, -0.25) is 0 Å². The fourth-order valence-corrected chi connectivity index (χ4v) is 2.72. The number of hydrogen-bond donors (Lipinski definition) is 1. The van der Waals surface area contributed by atoms with Crippen LogP contribution in [-0.2, 0) is 4.74 Å². The lowest BCUT2D eigenvalue weighted by Crippen LogP contribution is -2.47. The molecule has 1 unspecified atom stereocenters. The van der Waals surface area contributed by atoms with Crippen LogP contribution in [0.4, 0.5) is 5.69 Å². The van der Waals surface area contributed by atoms with Crippen LogP contribution < -0.4 is 4.90 Å². The molecule has 1 saturated heterocycles. The lowest BCUT2D eigenvalue weighted by molar-refractivity contribution is -0.00466. The zero-order valence-corrected chi connectivity index (χ0v) is 11.9. The summed E-state index contributed by atoms with van der Waals surface area (Å²) in [5, 5.41) is 9.24. The number of ether oxygens (including phenoxy) is 1. The Balaban J connectivity index is 2.23. The molecule has 1 N–H and O–H groups in total. The molecular weight excluding hydrogens is 266 g/mol. The van der Waals surface area contributed by atoms with Crippen LogP contribution in [0, 0.1) is 0 Å². The highest BCUT2D eigenvalue weighted by Gasteiger charge is 2.31. The van der Waals surface area contributed by atoms with E-state index in [1.165, 1.54) is 0 Å². The lowest BCUT2D eigenvalue weighted by atomic mass is 9.94. The molecule has 1 aliphatic rings. The van der Waals surface area contributed by atoms with Crippen LogP contribution in [0.2, 0.25) is 5.02 Å². The Morgan fingerprint density at radius 2 is 2.26 bits per heavy atom. The maximum atomic E-state index is 10.9. The zero-order chi connectivity index (χ0) is 14.0. The molecule has 1 heterocycles. The predicted octanol–water partition coefficient (Wildman–Crippen LogP) is 3.04. The van der Waals surface area contributed by atoms with Gasteiger partial charge in [0.2, 0.25) is 0 Å². The first kappa shape index (κ1) is 14.2. The topological polar surface area (TPSA) is 49.8 Å². The molecule has 1 aliphatic heterocycles. The first-order chi connectivity index (χ1) is 8.95. The highest BCUT2D eigenvalue weighted by molar-refractivity contribution is 6.33. The summed E-state index contributed by atoms with van der Waals surface area (Å²) < 4.78 is 5.55. The van der Waals surface area contributed by atoms with E-state index < -0.39 is 5.97 Å². The van der Waals surface area contributed by atoms with Crippen molar-refractivity contribution < 1.29 is 14.6 Å². The summed E-state index contributed by atoms with van der Waals surface area (Å²) >= 11 is 6.01. The molecule has 1 aromatic rings. The Kier molecular flexibility index (Phi) is 4.02. The van der Waals surface area contributed by atoms with Crippen LogP contribution in [0.5, 0.6) is 0 Å². The number of nitrogens with zero attached hydrogens (tertiary/aromatic N) is 1. The number of carbonyl (C=O) groups is 1. The van der Waals surface area contributed by atoms with Crippen molar-refractivity contribution in [3.05, 3.63) is 28.8 Å². The van der Waals surface area contributed by atoms with Crippen molar-refractivity contribution in [1.29, 1.82) is 0 Å². The molecule has 4 nitrogen and oxygen atoms in total. The standard InChI is InChI=1S/C14H18ClNO3/c1-14(19-2)6-3-7-16(9-14)10-4-5-11(13(17)18)12(15)8-10/h4-5,8H,3,6-7,9H2,1-2H3,(H,17,18). The number of hydrogen-bond acceptors (Lipinski definition) is 3. The van der Waals surface area contributed by atoms with Gasteiger partial charge in [-0.25, -0.2) is 4.79 Å². The van der Waals surface area contributed by atoms with E-state index >= 15 is 0 Å². The van der Waals surface area contributed by atoms with E-state index in [0.717, 1.165) is 31.6 Å². The van der Waals surface area contributed by atoms with Crippen molar-refractivity contribution in [1.82, 2.24) is 0 Å². The minimum Gasteiger partial charge on any atom is -0.478 e. The summed E-state index contributed by atoms with van der Waals surface area (Å²) in [5.74, 6) is -1.00. The van der Waals surface area contributed by atoms with Gasteiger partial charge in [-0.05, 0) is 38.0 Å². The molecule has 0 aromatic heterocycles. The number of aromatic carboxylic acids is 1. The average Bonchev–Trinajstić information content (AvgIpc) is 2.38. The van der Waals surface area contributed by atoms with Gasteiger partial charge in [0.05, 0.1) is 16.2 Å². The fourth-order valence-electron chi connectivity index (χ4n) is 2.47. The van der Waals surface area contributed by atoms with E-state index in [1.54, 1.807) is 25.3 Å². The Hall–Kier alpha value is -1.26. The van der Waals surface area contributed by atoms with Crippen molar-refractivity contribution in [2.24, 2.45) is 0 Å². The van der Waals surface area contributed by atoms with Gasteiger partial charge in [0, 0.05) is 25.9 Å². The van der Waals surface area contributed by atoms with Gasteiger partial charge in [0.1, 0.15) is 0 Å². The summed E-state index contributed by atoms with van der Waals surface area (Å²) in [6, 6.07) is 5.07. The van der Waals surface area contributed by atoms with Gasteiger partial charge in [-0.2, -0.15) is 0 Å². The zero-order valence-electron chi connectivity index (χ0n) is 11.1. The maximum Gasteiger partial charge on any atom is 0.337 e. The van der Waals surface area contributed by atoms with Crippen LogP contribution in [0.3, 0.4) is 0 Å². The minimum atomic E-state index is -1.00. The highest BCUT2D eigenvalue weighted by Crippen LogP contribution is 2.30. The molecule has 2 rings (SSSR count). The quantitative estimate of drug-likeness (QED) is 0.926. The molecule has 1 aromatic carbocycles. The number of carboxylic acids is 1. The molecule has 1 fully saturated rings. The number of piperidine rings is 1. The molecule has 19 heavy (non-hydrogen) atoms. The smallest absolute Gasteiger partial charge is 0.337 e. The molecule has 104 valence electrons. The third-order valence-corrected chi connectivity index (χ3v) is 4.01. The van der Waals surface area contributed by atoms with Crippen LogP contribution in [0.1, 0.15) is 30.1 Å². The number of anilines is 1. The molecule has 0 spiro atoms. The molecule has 0 amide bonds. The number of carboxylic acid groups (broad SMARTS) is 1. The predicted molar refractivity (Wildman–Crippen MR) is 75.3 cm³/mol. The van der Waals surface area contributed by atoms with E-state index in [-0.39, 0.29) is 16.2 Å². The van der Waals surface area contributed by atoms with Crippen molar-refractivity contribution >= 4 is 23.3 Å². The third kappa shape index (κ3) is 3.01.